The zero-order valence-electron chi connectivity index (χ0n) is 17.1. The molecule has 5 rings (SSSR count). The van der Waals surface area contributed by atoms with E-state index in [2.05, 4.69) is 22.9 Å². The first kappa shape index (κ1) is 18.4. The van der Waals surface area contributed by atoms with Gasteiger partial charge in [0.2, 0.25) is 0 Å². The zero-order valence-corrected chi connectivity index (χ0v) is 17.1. The second-order valence-electron chi connectivity index (χ2n) is 7.29. The molecule has 0 N–H and O–H groups in total. The van der Waals surface area contributed by atoms with E-state index in [-0.39, 0.29) is 0 Å². The van der Waals surface area contributed by atoms with Gasteiger partial charge in [-0.1, -0.05) is 18.2 Å². The number of aryl methyl sites for hydroxylation is 2. The number of furan rings is 1. The van der Waals surface area contributed by atoms with Crippen LogP contribution < -0.4 is 9.47 Å². The van der Waals surface area contributed by atoms with E-state index in [0.717, 1.165) is 52.1 Å². The highest BCUT2D eigenvalue weighted by atomic mass is 16.5. The number of aromatic nitrogens is 1. The highest BCUT2D eigenvalue weighted by molar-refractivity contribution is 5.97. The molecular formula is C25H22N2O3. The van der Waals surface area contributed by atoms with E-state index in [4.69, 9.17) is 13.9 Å². The average molecular weight is 398 g/mol. The van der Waals surface area contributed by atoms with E-state index >= 15 is 0 Å². The summed E-state index contributed by atoms with van der Waals surface area (Å²) in [5.74, 6) is 1.48. The average Bonchev–Trinajstić information content (AvgIpc) is 3.35. The summed E-state index contributed by atoms with van der Waals surface area (Å²) >= 11 is 0. The van der Waals surface area contributed by atoms with Gasteiger partial charge in [0, 0.05) is 34.8 Å². The lowest BCUT2D eigenvalue weighted by Crippen LogP contribution is -2.11. The summed E-state index contributed by atoms with van der Waals surface area (Å²) in [6, 6.07) is 14.5. The Bertz CT molecular complexity index is 1290. The lowest BCUT2D eigenvalue weighted by atomic mass is 9.94. The predicted octanol–water partition coefficient (Wildman–Crippen LogP) is 5.79. The van der Waals surface area contributed by atoms with Crippen molar-refractivity contribution in [1.29, 1.82) is 5.26 Å². The molecule has 4 aromatic rings. The summed E-state index contributed by atoms with van der Waals surface area (Å²) in [6.07, 6.45) is 4.70. The van der Waals surface area contributed by atoms with Crippen LogP contribution in [0.3, 0.4) is 0 Å². The third-order valence-electron chi connectivity index (χ3n) is 5.61. The fraction of sp³-hybridized carbons (Fsp3) is 0.240. The maximum Gasteiger partial charge on any atom is 0.161 e. The van der Waals surface area contributed by atoms with Crippen LogP contribution in [0.25, 0.3) is 33.4 Å². The lowest BCUT2D eigenvalue weighted by Gasteiger charge is -2.22. The maximum atomic E-state index is 10.1. The Balaban J connectivity index is 1.72. The first-order valence-electron chi connectivity index (χ1n) is 10.3. The minimum atomic E-state index is 0.553. The third kappa shape index (κ3) is 2.76. The fourth-order valence-electron chi connectivity index (χ4n) is 4.33. The summed E-state index contributed by atoms with van der Waals surface area (Å²) in [5, 5.41) is 11.1. The molecule has 2 aromatic heterocycles. The van der Waals surface area contributed by atoms with Gasteiger partial charge < -0.3 is 18.5 Å². The Hall–Kier alpha value is -3.65. The monoisotopic (exact) mass is 398 g/mol. The van der Waals surface area contributed by atoms with Crippen LogP contribution in [-0.4, -0.2) is 17.8 Å². The quantitative estimate of drug-likeness (QED) is 0.427. The molecule has 5 nitrogen and oxygen atoms in total. The van der Waals surface area contributed by atoms with E-state index in [1.54, 1.807) is 6.26 Å². The van der Waals surface area contributed by atoms with Gasteiger partial charge in [-0.25, -0.2) is 0 Å². The standard InChI is InChI=1S/C25H22N2O3/c1-3-28-23-11-16-9-10-27-14-20(21-15-30-22-8-6-5-7-17(21)22)19(13-26)25(27)18(16)12-24(23)29-4-2/h5-8,11-12,14-15H,3-4,9-10H2,1-2H3. The number of para-hydroxylation sites is 1. The van der Waals surface area contributed by atoms with E-state index in [1.807, 2.05) is 44.2 Å². The first-order valence-corrected chi connectivity index (χ1v) is 10.3. The topological polar surface area (TPSA) is 60.3 Å². The smallest absolute Gasteiger partial charge is 0.161 e. The van der Waals surface area contributed by atoms with E-state index < -0.39 is 0 Å². The normalized spacial score (nSPS) is 12.3. The van der Waals surface area contributed by atoms with Crippen molar-refractivity contribution >= 4 is 11.0 Å². The molecule has 0 bridgehead atoms. The van der Waals surface area contributed by atoms with Crippen LogP contribution in [-0.2, 0) is 13.0 Å². The maximum absolute atomic E-state index is 10.1. The van der Waals surface area contributed by atoms with Crippen molar-refractivity contribution in [2.75, 3.05) is 13.2 Å². The highest BCUT2D eigenvalue weighted by Crippen LogP contribution is 2.44. The van der Waals surface area contributed by atoms with Gasteiger partial charge >= 0.3 is 0 Å². The molecule has 0 unspecified atom stereocenters. The molecule has 150 valence electrons. The molecule has 1 aliphatic heterocycles. The lowest BCUT2D eigenvalue weighted by molar-refractivity contribution is 0.287. The van der Waals surface area contributed by atoms with Crippen LogP contribution in [0, 0.1) is 11.3 Å². The molecule has 5 heteroatoms. The second kappa shape index (κ2) is 7.31. The van der Waals surface area contributed by atoms with Crippen LogP contribution in [0.4, 0.5) is 0 Å². The molecular weight excluding hydrogens is 376 g/mol. The molecule has 0 fully saturated rings. The molecule has 3 heterocycles. The SMILES string of the molecule is CCOc1cc2c(cc1OCC)-c1c(C#N)c(-c3coc4ccccc34)cn1CC2. The summed E-state index contributed by atoms with van der Waals surface area (Å²) in [7, 11) is 0. The van der Waals surface area contributed by atoms with Gasteiger partial charge in [-0.2, -0.15) is 5.26 Å². The van der Waals surface area contributed by atoms with Crippen LogP contribution in [0.2, 0.25) is 0 Å². The molecule has 0 amide bonds. The number of hydrogen-bond donors (Lipinski definition) is 0. The number of hydrogen-bond acceptors (Lipinski definition) is 4. The van der Waals surface area contributed by atoms with Gasteiger partial charge in [-0.15, -0.1) is 0 Å². The summed E-state index contributed by atoms with van der Waals surface area (Å²) in [5.41, 5.74) is 6.47. The van der Waals surface area contributed by atoms with Crippen molar-refractivity contribution in [2.45, 2.75) is 26.8 Å². The van der Waals surface area contributed by atoms with Crippen LogP contribution >= 0.6 is 0 Å². The Labute approximate surface area is 175 Å². The molecule has 2 aromatic carbocycles. The molecule has 0 spiro atoms. The molecule has 30 heavy (non-hydrogen) atoms. The second-order valence-corrected chi connectivity index (χ2v) is 7.29. The van der Waals surface area contributed by atoms with Crippen LogP contribution in [0.5, 0.6) is 11.5 Å². The van der Waals surface area contributed by atoms with Crippen LogP contribution in [0.15, 0.2) is 53.3 Å². The van der Waals surface area contributed by atoms with Gasteiger partial charge in [0.25, 0.3) is 0 Å². The van der Waals surface area contributed by atoms with Crippen molar-refractivity contribution < 1.29 is 13.9 Å². The van der Waals surface area contributed by atoms with Crippen molar-refractivity contribution in [2.24, 2.45) is 0 Å². The Kier molecular flexibility index (Phi) is 4.48. The van der Waals surface area contributed by atoms with Gasteiger partial charge in [0.1, 0.15) is 11.7 Å². The van der Waals surface area contributed by atoms with E-state index in [9.17, 15) is 5.26 Å². The Morgan fingerprint density at radius 3 is 2.57 bits per heavy atom. The van der Waals surface area contributed by atoms with Crippen molar-refractivity contribution in [3.8, 4) is 40.0 Å². The summed E-state index contributed by atoms with van der Waals surface area (Å²) < 4.78 is 19.6. The molecule has 0 saturated carbocycles. The molecule has 0 aliphatic carbocycles. The molecule has 0 radical (unpaired) electrons. The van der Waals surface area contributed by atoms with Crippen molar-refractivity contribution in [1.82, 2.24) is 4.57 Å². The minimum Gasteiger partial charge on any atom is -0.490 e. The predicted molar refractivity (Wildman–Crippen MR) is 116 cm³/mol. The highest BCUT2D eigenvalue weighted by Gasteiger charge is 2.27. The largest absolute Gasteiger partial charge is 0.490 e. The molecule has 1 aliphatic rings. The van der Waals surface area contributed by atoms with Gasteiger partial charge in [-0.3, -0.25) is 0 Å². The van der Waals surface area contributed by atoms with Crippen molar-refractivity contribution in [3.63, 3.8) is 0 Å². The number of fused-ring (bicyclic) bond motifs is 4. The third-order valence-corrected chi connectivity index (χ3v) is 5.61. The number of rotatable bonds is 5. The number of benzene rings is 2. The van der Waals surface area contributed by atoms with E-state index in [1.165, 1.54) is 5.56 Å². The minimum absolute atomic E-state index is 0.553. The zero-order chi connectivity index (χ0) is 20.7. The number of ether oxygens (including phenoxy) is 2. The summed E-state index contributed by atoms with van der Waals surface area (Å²) in [6.45, 7) is 5.87. The summed E-state index contributed by atoms with van der Waals surface area (Å²) in [4.78, 5) is 0. The molecule has 0 atom stereocenters. The fourth-order valence-corrected chi connectivity index (χ4v) is 4.33. The van der Waals surface area contributed by atoms with E-state index in [0.29, 0.717) is 24.5 Å². The van der Waals surface area contributed by atoms with Gasteiger partial charge in [0.05, 0.1) is 30.7 Å². The van der Waals surface area contributed by atoms with Gasteiger partial charge in [0.15, 0.2) is 11.5 Å². The Morgan fingerprint density at radius 2 is 1.80 bits per heavy atom. The van der Waals surface area contributed by atoms with Gasteiger partial charge in [-0.05, 0) is 44.0 Å². The number of nitrogens with zero attached hydrogens (tertiary/aromatic N) is 2. The number of nitriles is 1. The molecule has 0 saturated heterocycles. The first-order chi connectivity index (χ1) is 14.7. The van der Waals surface area contributed by atoms with Crippen LogP contribution in [0.1, 0.15) is 25.0 Å². The Morgan fingerprint density at radius 1 is 1.03 bits per heavy atom. The van der Waals surface area contributed by atoms with Crippen molar-refractivity contribution in [3.05, 3.63) is 60.0 Å².